The molecule has 1 aromatic carbocycles. The van der Waals surface area contributed by atoms with Crippen LogP contribution in [0.3, 0.4) is 0 Å². The number of hydrogen-bond donors (Lipinski definition) is 0. The second-order valence-electron chi connectivity index (χ2n) is 4.72. The molecule has 0 aliphatic rings. The van der Waals surface area contributed by atoms with Gasteiger partial charge in [-0.2, -0.15) is 0 Å². The first-order valence-corrected chi connectivity index (χ1v) is 7.86. The van der Waals surface area contributed by atoms with Crippen LogP contribution in [0.15, 0.2) is 30.3 Å². The third kappa shape index (κ3) is 4.36. The van der Waals surface area contributed by atoms with Crippen LogP contribution in [0.25, 0.3) is 0 Å². The van der Waals surface area contributed by atoms with E-state index in [1.807, 2.05) is 45.9 Å². The molecule has 0 aliphatic carbocycles. The zero-order valence-corrected chi connectivity index (χ0v) is 12.3. The van der Waals surface area contributed by atoms with Crippen molar-refractivity contribution in [3.63, 3.8) is 0 Å². The molecule has 0 aliphatic heterocycles. The van der Waals surface area contributed by atoms with Crippen LogP contribution in [0.5, 0.6) is 0 Å². The van der Waals surface area contributed by atoms with E-state index >= 15 is 0 Å². The minimum Gasteiger partial charge on any atom is -0.815 e. The molecule has 0 heterocycles. The molecule has 98 valence electrons. The predicted octanol–water partition coefficient (Wildman–Crippen LogP) is 2.83. The predicted molar refractivity (Wildman–Crippen MR) is 74.3 cm³/mol. The van der Waals surface area contributed by atoms with Crippen molar-refractivity contribution in [3.05, 3.63) is 35.9 Å². The summed E-state index contributed by atoms with van der Waals surface area (Å²) >= 11 is 0. The molecule has 0 aromatic heterocycles. The van der Waals surface area contributed by atoms with Crippen molar-refractivity contribution in [1.29, 1.82) is 0 Å². The van der Waals surface area contributed by atoms with Gasteiger partial charge in [0.25, 0.3) is 0 Å². The van der Waals surface area contributed by atoms with Crippen molar-refractivity contribution >= 4 is 15.2 Å². The summed E-state index contributed by atoms with van der Waals surface area (Å²) in [5, 5.41) is 12.5. The van der Waals surface area contributed by atoms with Crippen LogP contribution in [0.2, 0.25) is 0 Å². The van der Waals surface area contributed by atoms with Crippen molar-refractivity contribution in [2.24, 2.45) is 0 Å². The Balaban J connectivity index is 2.95. The van der Waals surface area contributed by atoms with Gasteiger partial charge < -0.3 is 5.11 Å². The first-order valence-electron chi connectivity index (χ1n) is 6.10. The molecule has 0 amide bonds. The molecule has 0 saturated carbocycles. The Kier molecular flexibility index (Phi) is 5.80. The number of rotatable bonds is 6. The van der Waals surface area contributed by atoms with E-state index in [9.17, 15) is 5.11 Å². The van der Waals surface area contributed by atoms with Gasteiger partial charge >= 0.3 is 7.57 Å². The molecule has 5 heteroatoms. The lowest BCUT2D eigenvalue weighted by atomic mass is 10.2. The smallest absolute Gasteiger partial charge is 0.442 e. The van der Waals surface area contributed by atoms with Crippen molar-refractivity contribution in [3.8, 4) is 0 Å². The fourth-order valence-corrected chi connectivity index (χ4v) is 3.80. The molecular weight excluding hydrogens is 246 g/mol. The monoisotopic (exact) mass is 266 g/mol. The van der Waals surface area contributed by atoms with Crippen LogP contribution in [-0.4, -0.2) is 19.8 Å². The number of hydrogen-bond acceptors (Lipinski definition) is 3. The normalized spacial score (nSPS) is 14.2. The molecular formula is C13H20BO3P. The van der Waals surface area contributed by atoms with Gasteiger partial charge in [-0.05, 0) is 33.3 Å². The van der Waals surface area contributed by atoms with E-state index in [-0.39, 0.29) is 12.2 Å². The molecule has 2 radical (unpaired) electrons. The maximum Gasteiger partial charge on any atom is 0.442 e. The molecule has 0 bridgehead atoms. The van der Waals surface area contributed by atoms with Gasteiger partial charge in [0.15, 0.2) is 0 Å². The van der Waals surface area contributed by atoms with Gasteiger partial charge in [-0.15, -0.1) is 0 Å². The van der Waals surface area contributed by atoms with Crippen LogP contribution in [0.4, 0.5) is 0 Å². The molecule has 0 spiro atoms. The Morgan fingerprint density at radius 2 is 1.44 bits per heavy atom. The Bertz CT molecular complexity index is 347. The maximum atomic E-state index is 12.5. The van der Waals surface area contributed by atoms with E-state index < -0.39 is 13.4 Å². The minimum atomic E-state index is -2.95. The summed E-state index contributed by atoms with van der Waals surface area (Å²) in [5.41, 5.74) is 0.606. The summed E-state index contributed by atoms with van der Waals surface area (Å²) in [5.74, 6) is -1.18. The van der Waals surface area contributed by atoms with E-state index in [1.54, 1.807) is 12.1 Å². The molecule has 0 N–H and O–H groups in total. The van der Waals surface area contributed by atoms with Crippen molar-refractivity contribution in [2.75, 3.05) is 0 Å². The first kappa shape index (κ1) is 15.7. The van der Waals surface area contributed by atoms with Gasteiger partial charge in [0.05, 0.1) is 18.1 Å². The summed E-state index contributed by atoms with van der Waals surface area (Å²) in [4.78, 5) is 0. The minimum absolute atomic E-state index is 0.137. The Hall–Kier alpha value is -0.405. The highest BCUT2D eigenvalue weighted by molar-refractivity contribution is 7.89. The SMILES string of the molecule is [B][P+](OC(C)C)(OC(C)C)C([O-])c1ccccc1. The van der Waals surface area contributed by atoms with Crippen molar-refractivity contribution in [2.45, 2.75) is 45.7 Å². The second kappa shape index (κ2) is 6.67. The van der Waals surface area contributed by atoms with Crippen LogP contribution in [0, 0.1) is 0 Å². The van der Waals surface area contributed by atoms with Crippen LogP contribution in [-0.2, 0) is 9.05 Å². The molecule has 1 aromatic rings. The molecule has 1 unspecified atom stereocenters. The third-order valence-electron chi connectivity index (χ3n) is 2.16. The lowest BCUT2D eigenvalue weighted by Crippen LogP contribution is -2.26. The first-order chi connectivity index (χ1) is 8.35. The zero-order valence-electron chi connectivity index (χ0n) is 11.4. The second-order valence-corrected chi connectivity index (χ2v) is 6.90. The number of benzene rings is 1. The van der Waals surface area contributed by atoms with Gasteiger partial charge in [0.2, 0.25) is 7.59 Å². The van der Waals surface area contributed by atoms with Crippen LogP contribution < -0.4 is 5.11 Å². The van der Waals surface area contributed by atoms with Gasteiger partial charge in [0.1, 0.15) is 0 Å². The van der Waals surface area contributed by atoms with Crippen LogP contribution >= 0.6 is 7.59 Å². The summed E-state index contributed by atoms with van der Waals surface area (Å²) < 4.78 is 11.2. The van der Waals surface area contributed by atoms with Crippen molar-refractivity contribution < 1.29 is 14.2 Å². The fraction of sp³-hybridized carbons (Fsp3) is 0.538. The average molecular weight is 266 g/mol. The molecule has 0 saturated heterocycles. The Morgan fingerprint density at radius 1 is 1.00 bits per heavy atom. The van der Waals surface area contributed by atoms with E-state index in [4.69, 9.17) is 16.6 Å². The van der Waals surface area contributed by atoms with Gasteiger partial charge in [-0.25, -0.2) is 9.05 Å². The van der Waals surface area contributed by atoms with E-state index in [1.165, 1.54) is 0 Å². The third-order valence-corrected chi connectivity index (χ3v) is 4.62. The fourth-order valence-electron chi connectivity index (χ4n) is 1.62. The average Bonchev–Trinajstić information content (AvgIpc) is 2.27. The lowest BCUT2D eigenvalue weighted by molar-refractivity contribution is -0.398. The quantitative estimate of drug-likeness (QED) is 0.587. The molecule has 18 heavy (non-hydrogen) atoms. The Labute approximate surface area is 111 Å². The van der Waals surface area contributed by atoms with Gasteiger partial charge in [-0.1, -0.05) is 30.3 Å². The Morgan fingerprint density at radius 3 is 1.83 bits per heavy atom. The highest BCUT2D eigenvalue weighted by atomic mass is 31.2. The van der Waals surface area contributed by atoms with E-state index in [0.29, 0.717) is 5.56 Å². The summed E-state index contributed by atoms with van der Waals surface area (Å²) in [6.07, 6.45) is -0.274. The molecule has 3 nitrogen and oxygen atoms in total. The van der Waals surface area contributed by atoms with E-state index in [0.717, 1.165) is 0 Å². The summed E-state index contributed by atoms with van der Waals surface area (Å²) in [7, 11) is 3.18. The topological polar surface area (TPSA) is 41.5 Å². The van der Waals surface area contributed by atoms with Gasteiger partial charge in [0, 0.05) is 0 Å². The van der Waals surface area contributed by atoms with Crippen LogP contribution in [0.1, 0.15) is 39.1 Å². The largest absolute Gasteiger partial charge is 0.815 e. The summed E-state index contributed by atoms with van der Waals surface area (Å²) in [6.45, 7) is 7.40. The molecule has 1 atom stereocenters. The standard InChI is InChI=1S/C13H20BO3P/c1-10(2)16-18(14,17-11(3)4)13(15)12-8-6-5-7-9-12/h5-11,13H,1-4H3. The maximum absolute atomic E-state index is 12.5. The zero-order chi connectivity index (χ0) is 13.8. The highest BCUT2D eigenvalue weighted by Crippen LogP contribution is 2.66. The molecule has 1 rings (SSSR count). The lowest BCUT2D eigenvalue weighted by Gasteiger charge is -2.35. The van der Waals surface area contributed by atoms with Gasteiger partial charge in [-0.3, -0.25) is 0 Å². The highest BCUT2D eigenvalue weighted by Gasteiger charge is 2.42. The summed E-state index contributed by atoms with van der Waals surface area (Å²) in [6, 6.07) is 9.00. The molecule has 0 fully saturated rings. The van der Waals surface area contributed by atoms with Crippen molar-refractivity contribution in [1.82, 2.24) is 0 Å². The van der Waals surface area contributed by atoms with E-state index in [2.05, 4.69) is 0 Å².